The molecule has 6 heteroatoms. The lowest BCUT2D eigenvalue weighted by Crippen LogP contribution is -2.12. The maximum absolute atomic E-state index is 5.57. The molecule has 1 aromatic heterocycles. The average Bonchev–Trinajstić information content (AvgIpc) is 2.89. The number of hydrogen-bond acceptors (Lipinski definition) is 5. The number of rotatable bonds is 5. The highest BCUT2D eigenvalue weighted by molar-refractivity contribution is 7.99. The van der Waals surface area contributed by atoms with Crippen molar-refractivity contribution in [3.8, 4) is 0 Å². The molecule has 16 heavy (non-hydrogen) atoms. The highest BCUT2D eigenvalue weighted by Crippen LogP contribution is 2.23. The minimum absolute atomic E-state index is 0.624. The van der Waals surface area contributed by atoms with Gasteiger partial charge in [-0.3, -0.25) is 0 Å². The van der Waals surface area contributed by atoms with Crippen molar-refractivity contribution in [3.63, 3.8) is 0 Å². The Morgan fingerprint density at radius 1 is 1.56 bits per heavy atom. The van der Waals surface area contributed by atoms with Crippen molar-refractivity contribution >= 4 is 11.8 Å². The molecule has 0 radical (unpaired) electrons. The summed E-state index contributed by atoms with van der Waals surface area (Å²) in [6.45, 7) is 5.17. The lowest BCUT2D eigenvalue weighted by atomic mass is 10.2. The van der Waals surface area contributed by atoms with E-state index < -0.39 is 0 Å². The van der Waals surface area contributed by atoms with Crippen molar-refractivity contribution in [2.75, 3.05) is 25.5 Å². The van der Waals surface area contributed by atoms with Crippen LogP contribution in [0, 0.1) is 12.8 Å². The molecule has 0 bridgehead atoms. The Morgan fingerprint density at radius 2 is 2.44 bits per heavy atom. The third-order valence-corrected chi connectivity index (χ3v) is 3.92. The van der Waals surface area contributed by atoms with Gasteiger partial charge in [0, 0.05) is 25.4 Å². The summed E-state index contributed by atoms with van der Waals surface area (Å²) < 4.78 is 7.44. The first-order chi connectivity index (χ1) is 7.81. The smallest absolute Gasteiger partial charge is 0.191 e. The molecule has 2 heterocycles. The van der Waals surface area contributed by atoms with Crippen LogP contribution in [-0.4, -0.2) is 40.3 Å². The van der Waals surface area contributed by atoms with E-state index in [-0.39, 0.29) is 0 Å². The van der Waals surface area contributed by atoms with Gasteiger partial charge in [0.05, 0.1) is 6.61 Å². The number of nitrogens with zero attached hydrogens (tertiary/aromatic N) is 3. The third kappa shape index (κ3) is 2.75. The van der Waals surface area contributed by atoms with Crippen molar-refractivity contribution in [1.29, 1.82) is 0 Å². The minimum atomic E-state index is 0.624. The van der Waals surface area contributed by atoms with Gasteiger partial charge in [0.25, 0.3) is 0 Å². The molecular formula is C10H18N4OS. The van der Waals surface area contributed by atoms with Gasteiger partial charge in [-0.15, -0.1) is 10.2 Å². The van der Waals surface area contributed by atoms with Crippen molar-refractivity contribution in [2.45, 2.75) is 25.0 Å². The Hall–Kier alpha value is -0.590. The highest BCUT2D eigenvalue weighted by atomic mass is 32.2. The van der Waals surface area contributed by atoms with Gasteiger partial charge in [0.1, 0.15) is 5.82 Å². The molecular weight excluding hydrogens is 224 g/mol. The molecule has 0 amide bonds. The molecule has 0 spiro atoms. The van der Waals surface area contributed by atoms with Crippen molar-refractivity contribution < 1.29 is 4.74 Å². The van der Waals surface area contributed by atoms with Gasteiger partial charge in [-0.25, -0.2) is 0 Å². The highest BCUT2D eigenvalue weighted by Gasteiger charge is 2.17. The second kappa shape index (κ2) is 5.65. The van der Waals surface area contributed by atoms with Crippen LogP contribution >= 0.6 is 11.8 Å². The molecule has 5 nitrogen and oxygen atoms in total. The molecule has 1 aromatic rings. The zero-order valence-electron chi connectivity index (χ0n) is 9.56. The second-order valence-corrected chi connectivity index (χ2v) is 5.00. The van der Waals surface area contributed by atoms with E-state index in [1.807, 2.05) is 6.92 Å². The summed E-state index contributed by atoms with van der Waals surface area (Å²) in [5, 5.41) is 9.24. The van der Waals surface area contributed by atoms with E-state index in [0.29, 0.717) is 12.5 Å². The normalized spacial score (nSPS) is 20.5. The van der Waals surface area contributed by atoms with Gasteiger partial charge in [-0.2, -0.15) is 0 Å². The van der Waals surface area contributed by atoms with Gasteiger partial charge in [-0.05, 0) is 19.3 Å². The summed E-state index contributed by atoms with van der Waals surface area (Å²) in [5.74, 6) is 2.66. The fourth-order valence-corrected chi connectivity index (χ4v) is 2.89. The Kier molecular flexibility index (Phi) is 4.20. The molecule has 1 aliphatic rings. The average molecular weight is 242 g/mol. The third-order valence-electron chi connectivity index (χ3n) is 2.73. The Labute approximate surface area is 99.7 Å². The predicted molar refractivity (Wildman–Crippen MR) is 63.5 cm³/mol. The maximum Gasteiger partial charge on any atom is 0.191 e. The maximum atomic E-state index is 5.57. The quantitative estimate of drug-likeness (QED) is 0.769. The molecule has 0 saturated carbocycles. The van der Waals surface area contributed by atoms with E-state index in [0.717, 1.165) is 42.9 Å². The van der Waals surface area contributed by atoms with Crippen LogP contribution in [0.1, 0.15) is 12.2 Å². The van der Waals surface area contributed by atoms with Crippen LogP contribution in [0.4, 0.5) is 0 Å². The number of aromatic nitrogens is 3. The van der Waals surface area contributed by atoms with Crippen LogP contribution in [0.2, 0.25) is 0 Å². The molecule has 0 aromatic carbocycles. The van der Waals surface area contributed by atoms with Crippen LogP contribution < -0.4 is 5.73 Å². The fourth-order valence-electron chi connectivity index (χ4n) is 1.76. The molecule has 1 aliphatic heterocycles. The number of aryl methyl sites for hydroxylation is 1. The summed E-state index contributed by atoms with van der Waals surface area (Å²) in [7, 11) is 0. The van der Waals surface area contributed by atoms with Crippen molar-refractivity contribution in [1.82, 2.24) is 14.8 Å². The minimum Gasteiger partial charge on any atom is -0.381 e. The molecule has 1 fully saturated rings. The van der Waals surface area contributed by atoms with Gasteiger partial charge >= 0.3 is 0 Å². The Bertz CT molecular complexity index is 336. The molecule has 1 atom stereocenters. The lowest BCUT2D eigenvalue weighted by Gasteiger charge is -2.08. The molecule has 1 unspecified atom stereocenters. The van der Waals surface area contributed by atoms with E-state index in [9.17, 15) is 0 Å². The number of thioether (sulfide) groups is 1. The number of ether oxygens (including phenoxy) is 1. The van der Waals surface area contributed by atoms with Crippen LogP contribution in [0.3, 0.4) is 0 Å². The summed E-state index contributed by atoms with van der Waals surface area (Å²) in [6.07, 6.45) is 1.16. The fraction of sp³-hybridized carbons (Fsp3) is 0.800. The van der Waals surface area contributed by atoms with Gasteiger partial charge in [0.2, 0.25) is 0 Å². The molecule has 0 aliphatic carbocycles. The van der Waals surface area contributed by atoms with Gasteiger partial charge in [-0.1, -0.05) is 11.8 Å². The lowest BCUT2D eigenvalue weighted by molar-refractivity contribution is 0.189. The molecule has 1 saturated heterocycles. The molecule has 2 rings (SSSR count). The summed E-state index contributed by atoms with van der Waals surface area (Å²) in [6, 6.07) is 0. The monoisotopic (exact) mass is 242 g/mol. The molecule has 90 valence electrons. The van der Waals surface area contributed by atoms with Crippen LogP contribution in [0.25, 0.3) is 0 Å². The second-order valence-electron chi connectivity index (χ2n) is 4.01. The number of nitrogens with two attached hydrogens (primary N) is 1. The van der Waals surface area contributed by atoms with Crippen LogP contribution in [0.5, 0.6) is 0 Å². The van der Waals surface area contributed by atoms with Crippen LogP contribution in [-0.2, 0) is 11.3 Å². The summed E-state index contributed by atoms with van der Waals surface area (Å²) in [5.41, 5.74) is 5.57. The van der Waals surface area contributed by atoms with E-state index in [1.165, 1.54) is 0 Å². The standard InChI is InChI=1S/C10H18N4OS/c1-8-12-13-10(14(8)4-3-11)16-7-9-2-5-15-6-9/h9H,2-7,11H2,1H3. The SMILES string of the molecule is Cc1nnc(SCC2CCOC2)n1CCN. The largest absolute Gasteiger partial charge is 0.381 e. The van der Waals surface area contributed by atoms with Crippen molar-refractivity contribution in [2.24, 2.45) is 11.7 Å². The molecule has 2 N–H and O–H groups in total. The zero-order valence-corrected chi connectivity index (χ0v) is 10.4. The summed E-state index contributed by atoms with van der Waals surface area (Å²) in [4.78, 5) is 0. The topological polar surface area (TPSA) is 66.0 Å². The zero-order chi connectivity index (χ0) is 11.4. The first-order valence-corrected chi connectivity index (χ1v) is 6.60. The van der Waals surface area contributed by atoms with Gasteiger partial charge in [0.15, 0.2) is 5.16 Å². The van der Waals surface area contributed by atoms with E-state index in [2.05, 4.69) is 14.8 Å². The van der Waals surface area contributed by atoms with Crippen molar-refractivity contribution in [3.05, 3.63) is 5.82 Å². The van der Waals surface area contributed by atoms with E-state index in [4.69, 9.17) is 10.5 Å². The van der Waals surface area contributed by atoms with Gasteiger partial charge < -0.3 is 15.0 Å². The Morgan fingerprint density at radius 3 is 3.12 bits per heavy atom. The first kappa shape index (κ1) is 11.9. The van der Waals surface area contributed by atoms with Crippen LogP contribution in [0.15, 0.2) is 5.16 Å². The number of hydrogen-bond donors (Lipinski definition) is 1. The summed E-state index contributed by atoms with van der Waals surface area (Å²) >= 11 is 1.76. The van der Waals surface area contributed by atoms with E-state index in [1.54, 1.807) is 11.8 Å². The first-order valence-electron chi connectivity index (χ1n) is 5.61. The predicted octanol–water partition coefficient (Wildman–Crippen LogP) is 0.674. The van der Waals surface area contributed by atoms with E-state index >= 15 is 0 Å². The Balaban J connectivity index is 1.92.